The monoisotopic (exact) mass is 256 g/mol. The number of hydrogen-bond acceptors (Lipinski definition) is 4. The minimum Gasteiger partial charge on any atom is -0.361 e. The molecule has 0 aliphatic heterocycles. The Hall–Kier alpha value is -2.14. The van der Waals surface area contributed by atoms with Crippen molar-refractivity contribution < 1.29 is 4.52 Å². The van der Waals surface area contributed by atoms with Gasteiger partial charge in [0.2, 0.25) is 5.89 Å². The van der Waals surface area contributed by atoms with Gasteiger partial charge in [-0.05, 0) is 24.6 Å². The number of nitrogens with zero attached hydrogens (tertiary/aromatic N) is 2. The van der Waals surface area contributed by atoms with Crippen molar-refractivity contribution in [2.24, 2.45) is 0 Å². The molecule has 3 aromatic rings. The van der Waals surface area contributed by atoms with Gasteiger partial charge in [0.1, 0.15) is 0 Å². The molecule has 98 valence electrons. The molecule has 2 aromatic heterocycles. The number of H-pyrrole nitrogens is 1. The maximum absolute atomic E-state index is 5.07. The van der Waals surface area contributed by atoms with Gasteiger partial charge in [-0.1, -0.05) is 17.3 Å². The normalized spacial score (nSPS) is 11.2. The summed E-state index contributed by atoms with van der Waals surface area (Å²) in [6.07, 6.45) is 2.72. The Morgan fingerprint density at radius 3 is 3.11 bits per heavy atom. The minimum atomic E-state index is 0.685. The van der Waals surface area contributed by atoms with Gasteiger partial charge in [0.25, 0.3) is 0 Å². The van der Waals surface area contributed by atoms with E-state index in [0.717, 1.165) is 19.5 Å². The van der Waals surface area contributed by atoms with Crippen LogP contribution in [0.1, 0.15) is 17.3 Å². The van der Waals surface area contributed by atoms with E-state index in [-0.39, 0.29) is 0 Å². The molecular weight excluding hydrogens is 240 g/mol. The Morgan fingerprint density at radius 2 is 2.26 bits per heavy atom. The van der Waals surface area contributed by atoms with Crippen LogP contribution in [0.2, 0.25) is 0 Å². The number of aryl methyl sites for hydroxylation is 1. The van der Waals surface area contributed by atoms with Crippen LogP contribution in [0, 0.1) is 6.92 Å². The van der Waals surface area contributed by atoms with E-state index in [1.165, 1.54) is 16.5 Å². The maximum Gasteiger partial charge on any atom is 0.227 e. The number of hydrogen-bond donors (Lipinski definition) is 2. The predicted octanol–water partition coefficient (Wildman–Crippen LogP) is 2.19. The lowest BCUT2D eigenvalue weighted by Crippen LogP contribution is -2.16. The molecule has 0 radical (unpaired) electrons. The molecule has 0 saturated heterocycles. The van der Waals surface area contributed by atoms with Gasteiger partial charge in [-0.25, -0.2) is 0 Å². The number of aromatic nitrogens is 3. The number of benzene rings is 1. The fraction of sp³-hybridized carbons (Fsp3) is 0.286. The van der Waals surface area contributed by atoms with E-state index in [2.05, 4.69) is 44.7 Å². The van der Waals surface area contributed by atoms with E-state index in [1.54, 1.807) is 0 Å². The SMILES string of the molecule is Cc1noc(CCNCc2cccc3[nH]ccc23)n1. The van der Waals surface area contributed by atoms with Crippen LogP contribution in [-0.4, -0.2) is 21.7 Å². The van der Waals surface area contributed by atoms with Gasteiger partial charge in [-0.15, -0.1) is 0 Å². The van der Waals surface area contributed by atoms with Crippen LogP contribution in [0.3, 0.4) is 0 Å². The van der Waals surface area contributed by atoms with E-state index < -0.39 is 0 Å². The highest BCUT2D eigenvalue weighted by Crippen LogP contribution is 2.16. The van der Waals surface area contributed by atoms with Gasteiger partial charge in [-0.3, -0.25) is 0 Å². The summed E-state index contributed by atoms with van der Waals surface area (Å²) in [5.41, 5.74) is 2.47. The highest BCUT2D eigenvalue weighted by atomic mass is 16.5. The summed E-state index contributed by atoms with van der Waals surface area (Å²) in [6.45, 7) is 3.48. The second-order valence-corrected chi connectivity index (χ2v) is 4.52. The van der Waals surface area contributed by atoms with Gasteiger partial charge < -0.3 is 14.8 Å². The summed E-state index contributed by atoms with van der Waals surface area (Å²) in [6, 6.07) is 8.39. The largest absolute Gasteiger partial charge is 0.361 e. The molecule has 0 bridgehead atoms. The first-order valence-corrected chi connectivity index (χ1v) is 6.38. The summed E-state index contributed by atoms with van der Waals surface area (Å²) in [5.74, 6) is 1.37. The summed E-state index contributed by atoms with van der Waals surface area (Å²) in [7, 11) is 0. The molecule has 2 heterocycles. The quantitative estimate of drug-likeness (QED) is 0.687. The zero-order valence-corrected chi connectivity index (χ0v) is 10.8. The maximum atomic E-state index is 5.07. The summed E-state index contributed by atoms with van der Waals surface area (Å²) < 4.78 is 5.07. The Balaban J connectivity index is 1.56. The van der Waals surface area contributed by atoms with Gasteiger partial charge in [-0.2, -0.15) is 4.98 Å². The molecule has 0 aliphatic carbocycles. The Bertz CT molecular complexity index is 671. The van der Waals surface area contributed by atoms with Crippen molar-refractivity contribution in [1.82, 2.24) is 20.4 Å². The number of rotatable bonds is 5. The minimum absolute atomic E-state index is 0.685. The summed E-state index contributed by atoms with van der Waals surface area (Å²) >= 11 is 0. The highest BCUT2D eigenvalue weighted by molar-refractivity contribution is 5.82. The van der Waals surface area contributed by atoms with E-state index in [4.69, 9.17) is 4.52 Å². The van der Waals surface area contributed by atoms with E-state index in [1.807, 2.05) is 13.1 Å². The lowest BCUT2D eigenvalue weighted by Gasteiger charge is -2.04. The van der Waals surface area contributed by atoms with Crippen molar-refractivity contribution >= 4 is 10.9 Å². The Labute approximate surface area is 111 Å². The molecule has 0 amide bonds. The van der Waals surface area contributed by atoms with Crippen molar-refractivity contribution in [2.75, 3.05) is 6.54 Å². The molecule has 0 aliphatic rings. The van der Waals surface area contributed by atoms with E-state index in [9.17, 15) is 0 Å². The second-order valence-electron chi connectivity index (χ2n) is 4.52. The van der Waals surface area contributed by atoms with Crippen molar-refractivity contribution in [1.29, 1.82) is 0 Å². The van der Waals surface area contributed by atoms with Crippen LogP contribution in [-0.2, 0) is 13.0 Å². The first-order chi connectivity index (χ1) is 9.33. The zero-order chi connectivity index (χ0) is 13.1. The van der Waals surface area contributed by atoms with Crippen LogP contribution < -0.4 is 5.32 Å². The first-order valence-electron chi connectivity index (χ1n) is 6.38. The van der Waals surface area contributed by atoms with Crippen molar-refractivity contribution in [3.8, 4) is 0 Å². The molecule has 2 N–H and O–H groups in total. The third-order valence-electron chi connectivity index (χ3n) is 3.09. The van der Waals surface area contributed by atoms with Crippen LogP contribution in [0.4, 0.5) is 0 Å². The van der Waals surface area contributed by atoms with Crippen LogP contribution >= 0.6 is 0 Å². The third kappa shape index (κ3) is 2.66. The first kappa shape index (κ1) is 11.9. The van der Waals surface area contributed by atoms with Crippen molar-refractivity contribution in [3.63, 3.8) is 0 Å². The number of fused-ring (bicyclic) bond motifs is 1. The fourth-order valence-electron chi connectivity index (χ4n) is 2.16. The van der Waals surface area contributed by atoms with Crippen LogP contribution in [0.25, 0.3) is 10.9 Å². The smallest absolute Gasteiger partial charge is 0.227 e. The van der Waals surface area contributed by atoms with Crippen molar-refractivity contribution in [3.05, 3.63) is 47.7 Å². The molecule has 0 saturated carbocycles. The molecule has 1 aromatic carbocycles. The molecule has 0 fully saturated rings. The Kier molecular flexibility index (Phi) is 3.29. The topological polar surface area (TPSA) is 66.7 Å². The predicted molar refractivity (Wildman–Crippen MR) is 72.7 cm³/mol. The average Bonchev–Trinajstić information content (AvgIpc) is 3.03. The van der Waals surface area contributed by atoms with Gasteiger partial charge >= 0.3 is 0 Å². The molecule has 5 heteroatoms. The second kappa shape index (κ2) is 5.24. The van der Waals surface area contributed by atoms with Crippen LogP contribution in [0.5, 0.6) is 0 Å². The zero-order valence-electron chi connectivity index (χ0n) is 10.8. The molecular formula is C14H16N4O. The summed E-state index contributed by atoms with van der Waals surface area (Å²) in [5, 5.41) is 8.44. The van der Waals surface area contributed by atoms with Gasteiger partial charge in [0.15, 0.2) is 5.82 Å². The Morgan fingerprint density at radius 1 is 1.32 bits per heavy atom. The molecule has 3 rings (SSSR count). The highest BCUT2D eigenvalue weighted by Gasteiger charge is 2.03. The van der Waals surface area contributed by atoms with Crippen LogP contribution in [0.15, 0.2) is 35.0 Å². The number of aromatic amines is 1. The van der Waals surface area contributed by atoms with Gasteiger partial charge in [0, 0.05) is 36.6 Å². The summed E-state index contributed by atoms with van der Waals surface area (Å²) in [4.78, 5) is 7.39. The van der Waals surface area contributed by atoms with Crippen molar-refractivity contribution in [2.45, 2.75) is 19.9 Å². The third-order valence-corrected chi connectivity index (χ3v) is 3.09. The molecule has 5 nitrogen and oxygen atoms in total. The average molecular weight is 256 g/mol. The van der Waals surface area contributed by atoms with E-state index in [0.29, 0.717) is 11.7 Å². The molecule has 0 spiro atoms. The standard InChI is InChI=1S/C14H16N4O/c1-10-17-14(19-18-10)6-7-15-9-11-3-2-4-13-12(11)5-8-16-13/h2-5,8,15-16H,6-7,9H2,1H3. The number of nitrogens with one attached hydrogen (secondary N) is 2. The lowest BCUT2D eigenvalue weighted by atomic mass is 10.1. The fourth-order valence-corrected chi connectivity index (χ4v) is 2.16. The van der Waals surface area contributed by atoms with E-state index >= 15 is 0 Å². The van der Waals surface area contributed by atoms with Gasteiger partial charge in [0.05, 0.1) is 0 Å². The molecule has 0 unspecified atom stereocenters. The molecule has 0 atom stereocenters. The molecule has 19 heavy (non-hydrogen) atoms. The lowest BCUT2D eigenvalue weighted by molar-refractivity contribution is 0.372.